The number of hydrogen-bond acceptors (Lipinski definition) is 3. The van der Waals surface area contributed by atoms with E-state index in [-0.39, 0.29) is 22.6 Å². The highest BCUT2D eigenvalue weighted by atomic mass is 19.4. The van der Waals surface area contributed by atoms with Crippen molar-refractivity contribution in [2.45, 2.75) is 19.2 Å². The van der Waals surface area contributed by atoms with E-state index in [0.29, 0.717) is 5.75 Å². The standard InChI is InChI=1S/C18H12F4O4/c1-9-14(25-12-5-3-11(19)4-6-12)7-2-10-8-13(17(23)24)16(18(20,21)22)26-15(9)10/h2-8,16H,1H3,(H,23,24). The molecule has 1 unspecified atom stereocenters. The van der Waals surface area contributed by atoms with Crippen LogP contribution in [0.25, 0.3) is 6.08 Å². The number of fused-ring (bicyclic) bond motifs is 1. The minimum absolute atomic E-state index is 0.114. The summed E-state index contributed by atoms with van der Waals surface area (Å²) in [6.07, 6.45) is -6.52. The van der Waals surface area contributed by atoms with Crippen LogP contribution in [0.3, 0.4) is 0 Å². The van der Waals surface area contributed by atoms with Gasteiger partial charge in [-0.1, -0.05) is 0 Å². The Morgan fingerprint density at radius 1 is 1.15 bits per heavy atom. The summed E-state index contributed by atoms with van der Waals surface area (Å²) in [5, 5.41) is 9.04. The molecule has 1 aliphatic rings. The first-order chi connectivity index (χ1) is 12.2. The molecule has 2 aromatic carbocycles. The molecule has 4 nitrogen and oxygen atoms in total. The number of halogens is 4. The van der Waals surface area contributed by atoms with Gasteiger partial charge in [-0.15, -0.1) is 0 Å². The highest BCUT2D eigenvalue weighted by Gasteiger charge is 2.48. The molecule has 0 aromatic heterocycles. The molecule has 0 saturated carbocycles. The summed E-state index contributed by atoms with van der Waals surface area (Å²) in [6.45, 7) is 1.49. The Morgan fingerprint density at radius 2 is 1.81 bits per heavy atom. The number of aliphatic carboxylic acids is 1. The molecule has 0 bridgehead atoms. The highest BCUT2D eigenvalue weighted by Crippen LogP contribution is 2.42. The number of ether oxygens (including phenoxy) is 2. The number of carboxylic acids is 1. The summed E-state index contributed by atoms with van der Waals surface area (Å²) >= 11 is 0. The van der Waals surface area contributed by atoms with Crippen molar-refractivity contribution in [1.29, 1.82) is 0 Å². The van der Waals surface area contributed by atoms with Gasteiger partial charge in [0.15, 0.2) is 0 Å². The van der Waals surface area contributed by atoms with Crippen LogP contribution >= 0.6 is 0 Å². The first-order valence-electron chi connectivity index (χ1n) is 7.42. The third-order valence-electron chi connectivity index (χ3n) is 3.80. The molecule has 0 radical (unpaired) electrons. The maximum absolute atomic E-state index is 13.2. The Hall–Kier alpha value is -3.03. The van der Waals surface area contributed by atoms with Crippen LogP contribution in [0.15, 0.2) is 42.0 Å². The number of alkyl halides is 3. The minimum Gasteiger partial charge on any atom is -0.478 e. The summed E-state index contributed by atoms with van der Waals surface area (Å²) in [5.41, 5.74) is -0.426. The summed E-state index contributed by atoms with van der Waals surface area (Å²) in [7, 11) is 0. The van der Waals surface area contributed by atoms with Crippen LogP contribution in [0.4, 0.5) is 17.6 Å². The summed E-state index contributed by atoms with van der Waals surface area (Å²) in [4.78, 5) is 11.1. The van der Waals surface area contributed by atoms with Crippen molar-refractivity contribution in [2.75, 3.05) is 0 Å². The van der Waals surface area contributed by atoms with Crippen molar-refractivity contribution in [3.63, 3.8) is 0 Å². The zero-order chi connectivity index (χ0) is 19.1. The van der Waals surface area contributed by atoms with Gasteiger partial charge < -0.3 is 14.6 Å². The first-order valence-corrected chi connectivity index (χ1v) is 7.42. The van der Waals surface area contributed by atoms with E-state index in [0.717, 1.165) is 6.08 Å². The van der Waals surface area contributed by atoms with Crippen molar-refractivity contribution in [2.24, 2.45) is 0 Å². The molecule has 1 aliphatic heterocycles. The molecule has 0 aliphatic carbocycles. The Balaban J connectivity index is 2.01. The Morgan fingerprint density at radius 3 is 2.38 bits per heavy atom. The Bertz CT molecular complexity index is 885. The SMILES string of the molecule is Cc1c(Oc2ccc(F)cc2)ccc2c1OC(C(F)(F)F)C(C(=O)O)=C2. The third-order valence-corrected chi connectivity index (χ3v) is 3.80. The van der Waals surface area contributed by atoms with Crippen LogP contribution in [0.2, 0.25) is 0 Å². The fourth-order valence-corrected chi connectivity index (χ4v) is 2.55. The molecular weight excluding hydrogens is 356 g/mol. The van der Waals surface area contributed by atoms with Gasteiger partial charge in [0, 0.05) is 11.1 Å². The predicted octanol–water partition coefficient (Wildman–Crippen LogP) is 4.72. The van der Waals surface area contributed by atoms with E-state index in [1.165, 1.54) is 43.3 Å². The minimum atomic E-state index is -4.89. The van der Waals surface area contributed by atoms with Gasteiger partial charge >= 0.3 is 12.1 Å². The normalized spacial score (nSPS) is 16.3. The quantitative estimate of drug-likeness (QED) is 0.797. The van der Waals surface area contributed by atoms with Crippen LogP contribution in [0, 0.1) is 12.7 Å². The van der Waals surface area contributed by atoms with Crippen molar-refractivity contribution in [1.82, 2.24) is 0 Å². The summed E-state index contributed by atoms with van der Waals surface area (Å²) in [5.74, 6) is -1.77. The summed E-state index contributed by atoms with van der Waals surface area (Å²) < 4.78 is 63.0. The largest absolute Gasteiger partial charge is 0.478 e. The molecule has 1 atom stereocenters. The van der Waals surface area contributed by atoms with Crippen molar-refractivity contribution < 1.29 is 36.9 Å². The van der Waals surface area contributed by atoms with Crippen LogP contribution in [-0.4, -0.2) is 23.4 Å². The first kappa shape index (κ1) is 17.8. The number of benzene rings is 2. The fraction of sp³-hybridized carbons (Fsp3) is 0.167. The molecule has 0 spiro atoms. The van der Waals surface area contributed by atoms with Crippen LogP contribution < -0.4 is 9.47 Å². The topological polar surface area (TPSA) is 55.8 Å². The van der Waals surface area contributed by atoms with E-state index >= 15 is 0 Å². The average molecular weight is 368 g/mol. The lowest BCUT2D eigenvalue weighted by molar-refractivity contribution is -0.187. The molecule has 2 aromatic rings. The van der Waals surface area contributed by atoms with Gasteiger partial charge in [-0.05, 0) is 49.4 Å². The Labute approximate surface area is 145 Å². The van der Waals surface area contributed by atoms with E-state index in [1.54, 1.807) is 0 Å². The lowest BCUT2D eigenvalue weighted by atomic mass is 9.99. The second-order valence-corrected chi connectivity index (χ2v) is 5.61. The molecule has 26 heavy (non-hydrogen) atoms. The van der Waals surface area contributed by atoms with Gasteiger partial charge in [0.2, 0.25) is 6.10 Å². The van der Waals surface area contributed by atoms with E-state index < -0.39 is 29.6 Å². The number of carbonyl (C=O) groups is 1. The second kappa shape index (κ2) is 6.36. The van der Waals surface area contributed by atoms with Gasteiger partial charge in [0.1, 0.15) is 23.1 Å². The number of rotatable bonds is 3. The van der Waals surface area contributed by atoms with Crippen molar-refractivity contribution >= 4 is 12.0 Å². The number of carboxylic acid groups (broad SMARTS) is 1. The molecule has 0 saturated heterocycles. The van der Waals surface area contributed by atoms with Crippen molar-refractivity contribution in [3.05, 3.63) is 58.9 Å². The summed E-state index contributed by atoms with van der Waals surface area (Å²) in [6, 6.07) is 7.98. The molecule has 1 N–H and O–H groups in total. The molecule has 0 amide bonds. The van der Waals surface area contributed by atoms with Crippen LogP contribution in [-0.2, 0) is 4.79 Å². The maximum Gasteiger partial charge on any atom is 0.430 e. The molecule has 8 heteroatoms. The lowest BCUT2D eigenvalue weighted by Gasteiger charge is -2.28. The second-order valence-electron chi connectivity index (χ2n) is 5.61. The molecular formula is C18H12F4O4. The highest BCUT2D eigenvalue weighted by molar-refractivity contribution is 5.95. The van der Waals surface area contributed by atoms with Crippen LogP contribution in [0.5, 0.6) is 17.2 Å². The number of hydrogen-bond donors (Lipinski definition) is 1. The van der Waals surface area contributed by atoms with E-state index in [2.05, 4.69) is 0 Å². The van der Waals surface area contributed by atoms with Crippen LogP contribution in [0.1, 0.15) is 11.1 Å². The van der Waals surface area contributed by atoms with Gasteiger partial charge in [-0.2, -0.15) is 13.2 Å². The zero-order valence-electron chi connectivity index (χ0n) is 13.3. The van der Waals surface area contributed by atoms with E-state index in [9.17, 15) is 22.4 Å². The monoisotopic (exact) mass is 368 g/mol. The van der Waals surface area contributed by atoms with Gasteiger partial charge in [-0.25, -0.2) is 9.18 Å². The fourth-order valence-electron chi connectivity index (χ4n) is 2.55. The smallest absolute Gasteiger partial charge is 0.430 e. The molecule has 136 valence electrons. The molecule has 3 rings (SSSR count). The van der Waals surface area contributed by atoms with Gasteiger partial charge in [0.25, 0.3) is 0 Å². The maximum atomic E-state index is 13.2. The predicted molar refractivity (Wildman–Crippen MR) is 83.7 cm³/mol. The molecule has 0 fully saturated rings. The third kappa shape index (κ3) is 3.35. The van der Waals surface area contributed by atoms with E-state index in [4.69, 9.17) is 14.6 Å². The zero-order valence-corrected chi connectivity index (χ0v) is 13.3. The van der Waals surface area contributed by atoms with E-state index in [1.807, 2.05) is 0 Å². The molecule has 1 heterocycles. The average Bonchev–Trinajstić information content (AvgIpc) is 2.57. The lowest BCUT2D eigenvalue weighted by Crippen LogP contribution is -2.40. The van der Waals surface area contributed by atoms with Gasteiger partial charge in [-0.3, -0.25) is 0 Å². The van der Waals surface area contributed by atoms with Crippen molar-refractivity contribution in [3.8, 4) is 17.2 Å². The Kier molecular flexibility index (Phi) is 4.35. The van der Waals surface area contributed by atoms with Gasteiger partial charge in [0.05, 0.1) is 5.57 Å².